The molecule has 0 atom stereocenters. The first kappa shape index (κ1) is 16.2. The van der Waals surface area contributed by atoms with Gasteiger partial charge in [-0.3, -0.25) is 4.79 Å². The van der Waals surface area contributed by atoms with Crippen LogP contribution in [-0.4, -0.2) is 34.0 Å². The molecule has 2 N–H and O–H groups in total. The molecule has 4 aromatic rings. The zero-order chi connectivity index (χ0) is 18.5. The molecule has 1 aliphatic rings. The lowest BCUT2D eigenvalue weighted by Gasteiger charge is -2.26. The number of nitrogens with one attached hydrogen (secondary N) is 1. The number of oxime groups is 1. The summed E-state index contributed by atoms with van der Waals surface area (Å²) in [7, 11) is 0. The zero-order valence-corrected chi connectivity index (χ0v) is 15.0. The third-order valence-corrected chi connectivity index (χ3v) is 6.23. The molecule has 0 spiro atoms. The predicted molar refractivity (Wildman–Crippen MR) is 106 cm³/mol. The third kappa shape index (κ3) is 2.48. The summed E-state index contributed by atoms with van der Waals surface area (Å²) in [6.45, 7) is 1.45. The van der Waals surface area contributed by atoms with Crippen LogP contribution in [0.2, 0.25) is 0 Å². The molecule has 136 valence electrons. The molecular formula is C19H15FN4O2S. The van der Waals surface area contributed by atoms with Gasteiger partial charge in [0.15, 0.2) is 5.13 Å². The Kier molecular flexibility index (Phi) is 3.61. The van der Waals surface area contributed by atoms with Crippen LogP contribution in [0, 0.1) is 5.82 Å². The van der Waals surface area contributed by atoms with Gasteiger partial charge in [0.1, 0.15) is 5.82 Å². The van der Waals surface area contributed by atoms with Crippen molar-refractivity contribution >= 4 is 53.9 Å². The van der Waals surface area contributed by atoms with Gasteiger partial charge < -0.3 is 15.1 Å². The second-order valence-electron chi connectivity index (χ2n) is 6.61. The van der Waals surface area contributed by atoms with E-state index in [-0.39, 0.29) is 11.4 Å². The lowest BCUT2D eigenvalue weighted by molar-refractivity contribution is 0.315. The Hall–Kier alpha value is -3.00. The van der Waals surface area contributed by atoms with Crippen molar-refractivity contribution in [3.05, 3.63) is 46.6 Å². The van der Waals surface area contributed by atoms with Gasteiger partial charge in [-0.2, -0.15) is 0 Å². The minimum atomic E-state index is -0.381. The highest BCUT2D eigenvalue weighted by Crippen LogP contribution is 2.39. The van der Waals surface area contributed by atoms with E-state index in [2.05, 4.69) is 15.0 Å². The fraction of sp³-hybridized carbons (Fsp3) is 0.211. The van der Waals surface area contributed by atoms with E-state index in [0.717, 1.165) is 44.9 Å². The number of benzene rings is 2. The summed E-state index contributed by atoms with van der Waals surface area (Å²) < 4.78 is 14.8. The topological polar surface area (TPSA) is 81.6 Å². The van der Waals surface area contributed by atoms with E-state index < -0.39 is 0 Å². The van der Waals surface area contributed by atoms with E-state index in [1.165, 1.54) is 23.5 Å². The van der Waals surface area contributed by atoms with Gasteiger partial charge in [0.25, 0.3) is 5.56 Å². The zero-order valence-electron chi connectivity index (χ0n) is 14.2. The largest absolute Gasteiger partial charge is 0.411 e. The standard InChI is InChI=1S/C19H15FN4O2S/c20-10-1-2-12-14(9-10)15-13(3-6-21-18(15)25)17-16(12)22-19(27-17)24-7-4-11(23-26)5-8-24/h1-3,6,9,26H,4-5,7-8H2,(H,21,25). The summed E-state index contributed by atoms with van der Waals surface area (Å²) in [5, 5.41) is 15.7. The van der Waals surface area contributed by atoms with Gasteiger partial charge >= 0.3 is 0 Å². The number of hydrogen-bond acceptors (Lipinski definition) is 6. The van der Waals surface area contributed by atoms with Crippen LogP contribution in [0.5, 0.6) is 0 Å². The van der Waals surface area contributed by atoms with Gasteiger partial charge in [-0.05, 0) is 24.3 Å². The number of aromatic nitrogens is 2. The van der Waals surface area contributed by atoms with Crippen molar-refractivity contribution < 1.29 is 9.60 Å². The number of halogens is 1. The number of H-pyrrole nitrogens is 1. The molecule has 1 saturated heterocycles. The Morgan fingerprint density at radius 3 is 2.78 bits per heavy atom. The van der Waals surface area contributed by atoms with Crippen LogP contribution in [0.1, 0.15) is 12.8 Å². The fourth-order valence-electron chi connectivity index (χ4n) is 3.73. The van der Waals surface area contributed by atoms with E-state index in [0.29, 0.717) is 23.6 Å². The molecule has 0 saturated carbocycles. The van der Waals surface area contributed by atoms with Crippen molar-refractivity contribution in [2.24, 2.45) is 5.16 Å². The first-order valence-corrected chi connectivity index (χ1v) is 9.45. The maximum absolute atomic E-state index is 13.9. The minimum absolute atomic E-state index is 0.235. The number of hydrogen-bond donors (Lipinski definition) is 2. The third-order valence-electron chi connectivity index (χ3n) is 5.08. The number of aromatic amines is 1. The van der Waals surface area contributed by atoms with Crippen LogP contribution < -0.4 is 10.5 Å². The normalized spacial score (nSPS) is 15.1. The summed E-state index contributed by atoms with van der Waals surface area (Å²) in [6, 6.07) is 6.33. The molecule has 8 heteroatoms. The quantitative estimate of drug-likeness (QED) is 0.298. The van der Waals surface area contributed by atoms with Crippen LogP contribution in [0.15, 0.2) is 40.4 Å². The van der Waals surface area contributed by atoms with E-state index in [1.807, 2.05) is 6.07 Å². The molecule has 2 aromatic carbocycles. The van der Waals surface area contributed by atoms with Crippen molar-refractivity contribution in [2.45, 2.75) is 12.8 Å². The first-order valence-electron chi connectivity index (χ1n) is 8.63. The first-order chi connectivity index (χ1) is 13.2. The Morgan fingerprint density at radius 2 is 2.00 bits per heavy atom. The lowest BCUT2D eigenvalue weighted by atomic mass is 10.0. The summed E-state index contributed by atoms with van der Waals surface area (Å²) in [5.41, 5.74) is 1.34. The number of anilines is 1. The monoisotopic (exact) mass is 382 g/mol. The van der Waals surface area contributed by atoms with Gasteiger partial charge in [-0.1, -0.05) is 16.5 Å². The van der Waals surface area contributed by atoms with E-state index in [1.54, 1.807) is 12.3 Å². The number of nitrogens with zero attached hydrogens (tertiary/aromatic N) is 3. The van der Waals surface area contributed by atoms with E-state index >= 15 is 0 Å². The maximum Gasteiger partial charge on any atom is 0.256 e. The fourth-order valence-corrected chi connectivity index (χ4v) is 4.89. The van der Waals surface area contributed by atoms with E-state index in [4.69, 9.17) is 10.2 Å². The molecule has 0 unspecified atom stereocenters. The molecule has 0 radical (unpaired) electrons. The molecule has 3 heterocycles. The molecule has 27 heavy (non-hydrogen) atoms. The van der Waals surface area contributed by atoms with Crippen molar-refractivity contribution in [1.29, 1.82) is 0 Å². The summed E-state index contributed by atoms with van der Waals surface area (Å²) in [4.78, 5) is 22.2. The molecule has 0 bridgehead atoms. The highest BCUT2D eigenvalue weighted by Gasteiger charge is 2.21. The summed E-state index contributed by atoms with van der Waals surface area (Å²) >= 11 is 1.54. The molecule has 0 amide bonds. The molecule has 2 aromatic heterocycles. The van der Waals surface area contributed by atoms with Gasteiger partial charge in [0.2, 0.25) is 0 Å². The van der Waals surface area contributed by atoms with Gasteiger partial charge in [0, 0.05) is 48.3 Å². The average molecular weight is 382 g/mol. The average Bonchev–Trinajstić information content (AvgIpc) is 3.13. The molecule has 6 nitrogen and oxygen atoms in total. The van der Waals surface area contributed by atoms with Gasteiger partial charge in [-0.15, -0.1) is 0 Å². The number of fused-ring (bicyclic) bond motifs is 6. The van der Waals surface area contributed by atoms with Crippen molar-refractivity contribution in [3.8, 4) is 0 Å². The van der Waals surface area contributed by atoms with E-state index in [9.17, 15) is 9.18 Å². The second-order valence-corrected chi connectivity index (χ2v) is 7.59. The van der Waals surface area contributed by atoms with Crippen molar-refractivity contribution in [2.75, 3.05) is 18.0 Å². The van der Waals surface area contributed by atoms with Crippen molar-refractivity contribution in [1.82, 2.24) is 9.97 Å². The highest BCUT2D eigenvalue weighted by atomic mass is 32.1. The smallest absolute Gasteiger partial charge is 0.256 e. The number of rotatable bonds is 1. The number of pyridine rings is 1. The Morgan fingerprint density at radius 1 is 1.19 bits per heavy atom. The molecule has 0 aliphatic carbocycles. The lowest BCUT2D eigenvalue weighted by Crippen LogP contribution is -2.33. The Balaban J connectivity index is 1.79. The Labute approximate surface area is 156 Å². The van der Waals surface area contributed by atoms with Gasteiger partial charge in [0.05, 0.1) is 21.3 Å². The van der Waals surface area contributed by atoms with Crippen LogP contribution in [-0.2, 0) is 0 Å². The summed E-state index contributed by atoms with van der Waals surface area (Å²) in [5.74, 6) is -0.381. The van der Waals surface area contributed by atoms with Gasteiger partial charge in [-0.25, -0.2) is 9.37 Å². The van der Waals surface area contributed by atoms with Crippen LogP contribution >= 0.6 is 11.3 Å². The predicted octanol–water partition coefficient (Wildman–Crippen LogP) is 3.86. The molecule has 1 aliphatic heterocycles. The maximum atomic E-state index is 13.9. The SMILES string of the molecule is O=c1[nH]ccc2c3sc(N4CCC(=NO)CC4)nc3c3ccc(F)cc3c12. The number of thiazole rings is 1. The molecule has 1 fully saturated rings. The second kappa shape index (κ2) is 6.02. The minimum Gasteiger partial charge on any atom is -0.411 e. The highest BCUT2D eigenvalue weighted by molar-refractivity contribution is 7.23. The number of piperidine rings is 1. The van der Waals surface area contributed by atoms with Crippen LogP contribution in [0.3, 0.4) is 0 Å². The van der Waals surface area contributed by atoms with Crippen molar-refractivity contribution in [3.63, 3.8) is 0 Å². The molecule has 5 rings (SSSR count). The summed E-state index contributed by atoms with van der Waals surface area (Å²) in [6.07, 6.45) is 3.00. The molecular weight excluding hydrogens is 367 g/mol. The van der Waals surface area contributed by atoms with Crippen LogP contribution in [0.25, 0.3) is 31.8 Å². The Bertz CT molecular complexity index is 1280. The van der Waals surface area contributed by atoms with Crippen LogP contribution in [0.4, 0.5) is 9.52 Å².